The molecule has 0 aliphatic carbocycles. The topological polar surface area (TPSA) is 91.9 Å². The Labute approximate surface area is 146 Å². The number of aromatic amines is 1. The van der Waals surface area contributed by atoms with Crippen molar-refractivity contribution in [2.24, 2.45) is 4.99 Å². The molecule has 0 fully saturated rings. The Hall–Kier alpha value is -2.67. The fraction of sp³-hybridized carbons (Fsp3) is 0.389. The second-order valence-corrected chi connectivity index (χ2v) is 6.20. The highest BCUT2D eigenvalue weighted by Crippen LogP contribution is 2.16. The highest BCUT2D eigenvalue weighted by molar-refractivity contribution is 5.82. The highest BCUT2D eigenvalue weighted by Gasteiger charge is 2.14. The van der Waals surface area contributed by atoms with Crippen molar-refractivity contribution in [2.75, 3.05) is 27.2 Å². The van der Waals surface area contributed by atoms with Crippen LogP contribution in [-0.2, 0) is 6.42 Å². The van der Waals surface area contributed by atoms with Crippen LogP contribution in [0.1, 0.15) is 24.5 Å². The van der Waals surface area contributed by atoms with E-state index in [0.717, 1.165) is 29.5 Å². The van der Waals surface area contributed by atoms with E-state index in [9.17, 15) is 14.7 Å². The summed E-state index contributed by atoms with van der Waals surface area (Å²) in [6, 6.07) is 7.23. The average molecular weight is 345 g/mol. The van der Waals surface area contributed by atoms with Crippen LogP contribution in [0.4, 0.5) is 0 Å². The van der Waals surface area contributed by atoms with Gasteiger partial charge in [0.1, 0.15) is 5.56 Å². The standard InChI is InChI=1S/C18H24N4O3/c1-4-13-6-8-14(9-7-13)22-17(24)15(16(23)20-18(22)25)12-19-10-5-11-21(2)3/h6-9,12,24H,4-5,10-11H2,1-3H3,(H,20,23,25)/p+1. The van der Waals surface area contributed by atoms with Crippen LogP contribution in [0.2, 0.25) is 0 Å². The molecule has 3 N–H and O–H groups in total. The number of benzene rings is 1. The number of aliphatic imine (C=N–C) groups is 1. The predicted octanol–water partition coefficient (Wildman–Crippen LogP) is -0.253. The molecule has 0 saturated heterocycles. The first-order chi connectivity index (χ1) is 11.9. The minimum absolute atomic E-state index is 0.0173. The molecule has 0 atom stereocenters. The van der Waals surface area contributed by atoms with E-state index >= 15 is 0 Å². The Morgan fingerprint density at radius 1 is 1.24 bits per heavy atom. The van der Waals surface area contributed by atoms with Gasteiger partial charge in [0.05, 0.1) is 26.3 Å². The van der Waals surface area contributed by atoms with Crippen molar-refractivity contribution in [2.45, 2.75) is 19.8 Å². The first kappa shape index (κ1) is 18.7. The summed E-state index contributed by atoms with van der Waals surface area (Å²) in [6.07, 6.45) is 3.07. The van der Waals surface area contributed by atoms with Crippen LogP contribution in [0.3, 0.4) is 0 Å². The molecule has 0 amide bonds. The maximum absolute atomic E-state index is 12.1. The molecule has 7 heteroatoms. The Balaban J connectivity index is 2.34. The molecule has 0 unspecified atom stereocenters. The molecule has 2 aromatic rings. The van der Waals surface area contributed by atoms with Gasteiger partial charge in [-0.2, -0.15) is 0 Å². The van der Waals surface area contributed by atoms with E-state index in [0.29, 0.717) is 12.2 Å². The number of H-pyrrole nitrogens is 1. The van der Waals surface area contributed by atoms with Crippen molar-refractivity contribution in [1.29, 1.82) is 0 Å². The van der Waals surface area contributed by atoms with E-state index in [1.54, 1.807) is 12.1 Å². The van der Waals surface area contributed by atoms with Gasteiger partial charge in [0.15, 0.2) is 0 Å². The fourth-order valence-electron chi connectivity index (χ4n) is 2.45. The zero-order valence-electron chi connectivity index (χ0n) is 14.9. The predicted molar refractivity (Wildman–Crippen MR) is 98.5 cm³/mol. The van der Waals surface area contributed by atoms with Gasteiger partial charge in [-0.1, -0.05) is 19.1 Å². The van der Waals surface area contributed by atoms with Crippen molar-refractivity contribution >= 4 is 6.21 Å². The number of rotatable bonds is 7. The molecule has 0 aliphatic heterocycles. The Morgan fingerprint density at radius 3 is 2.52 bits per heavy atom. The van der Waals surface area contributed by atoms with Gasteiger partial charge < -0.3 is 10.0 Å². The summed E-state index contributed by atoms with van der Waals surface area (Å²) in [5.41, 5.74) is 0.259. The lowest BCUT2D eigenvalue weighted by molar-refractivity contribution is -0.858. The largest absolute Gasteiger partial charge is 0.493 e. The molecular formula is C18H25N4O3+. The summed E-state index contributed by atoms with van der Waals surface area (Å²) in [5.74, 6) is -0.403. The number of nitrogens with one attached hydrogen (secondary N) is 2. The summed E-state index contributed by atoms with van der Waals surface area (Å²) in [7, 11) is 4.11. The van der Waals surface area contributed by atoms with Crippen LogP contribution >= 0.6 is 0 Å². The van der Waals surface area contributed by atoms with E-state index in [4.69, 9.17) is 0 Å². The van der Waals surface area contributed by atoms with Gasteiger partial charge in [-0.25, -0.2) is 9.36 Å². The minimum Gasteiger partial charge on any atom is -0.493 e. The van der Waals surface area contributed by atoms with Gasteiger partial charge in [-0.3, -0.25) is 14.8 Å². The number of aromatic hydroxyl groups is 1. The first-order valence-corrected chi connectivity index (χ1v) is 8.40. The van der Waals surface area contributed by atoms with E-state index in [1.165, 1.54) is 11.1 Å². The van der Waals surface area contributed by atoms with Gasteiger partial charge in [0.2, 0.25) is 5.88 Å². The van der Waals surface area contributed by atoms with Crippen LogP contribution in [-0.4, -0.2) is 48.1 Å². The molecule has 0 radical (unpaired) electrons. The second kappa shape index (κ2) is 8.43. The van der Waals surface area contributed by atoms with Gasteiger partial charge in [0, 0.05) is 19.2 Å². The van der Waals surface area contributed by atoms with Gasteiger partial charge in [-0.05, 0) is 24.1 Å². The number of aromatic nitrogens is 2. The van der Waals surface area contributed by atoms with Crippen LogP contribution < -0.4 is 16.1 Å². The normalized spacial score (nSPS) is 11.5. The number of aryl methyl sites for hydroxylation is 1. The maximum atomic E-state index is 12.1. The number of nitrogens with zero attached hydrogens (tertiary/aromatic N) is 2. The van der Waals surface area contributed by atoms with Crippen molar-refractivity contribution in [3.8, 4) is 11.6 Å². The maximum Gasteiger partial charge on any atom is 0.335 e. The molecule has 0 bridgehead atoms. The minimum atomic E-state index is -0.680. The van der Waals surface area contributed by atoms with Crippen molar-refractivity contribution in [3.05, 3.63) is 56.2 Å². The fourth-order valence-corrected chi connectivity index (χ4v) is 2.45. The molecule has 134 valence electrons. The van der Waals surface area contributed by atoms with Crippen LogP contribution in [0.15, 0.2) is 38.8 Å². The molecule has 0 spiro atoms. The van der Waals surface area contributed by atoms with Crippen molar-refractivity contribution in [1.82, 2.24) is 9.55 Å². The van der Waals surface area contributed by atoms with Crippen LogP contribution in [0.5, 0.6) is 5.88 Å². The Kier molecular flexibility index (Phi) is 6.30. The first-order valence-electron chi connectivity index (χ1n) is 8.40. The zero-order chi connectivity index (χ0) is 18.4. The molecule has 1 aromatic heterocycles. The van der Waals surface area contributed by atoms with Gasteiger partial charge >= 0.3 is 5.69 Å². The second-order valence-electron chi connectivity index (χ2n) is 6.20. The van der Waals surface area contributed by atoms with Crippen LogP contribution in [0.25, 0.3) is 5.69 Å². The summed E-state index contributed by atoms with van der Waals surface area (Å²) in [6.45, 7) is 3.54. The molecule has 7 nitrogen and oxygen atoms in total. The summed E-state index contributed by atoms with van der Waals surface area (Å²) >= 11 is 0. The molecule has 0 aliphatic rings. The SMILES string of the molecule is CCc1ccc(-n2c(O)c(C=NCCC[NH+](C)C)c(=O)[nH]c2=O)cc1. The lowest BCUT2D eigenvalue weighted by Gasteiger charge is -2.10. The summed E-state index contributed by atoms with van der Waals surface area (Å²) in [4.78, 5) is 31.9. The Bertz CT molecular complexity index is 848. The lowest BCUT2D eigenvalue weighted by Crippen LogP contribution is -3.05. The van der Waals surface area contributed by atoms with E-state index in [-0.39, 0.29) is 5.56 Å². The Morgan fingerprint density at radius 2 is 1.92 bits per heavy atom. The number of hydrogen-bond donors (Lipinski definition) is 3. The summed E-state index contributed by atoms with van der Waals surface area (Å²) in [5, 5.41) is 10.4. The molecule has 1 heterocycles. The smallest absolute Gasteiger partial charge is 0.335 e. The monoisotopic (exact) mass is 345 g/mol. The quantitative estimate of drug-likeness (QED) is 0.477. The molecule has 25 heavy (non-hydrogen) atoms. The third-order valence-electron chi connectivity index (χ3n) is 3.91. The highest BCUT2D eigenvalue weighted by atomic mass is 16.3. The molecule has 2 rings (SSSR count). The van der Waals surface area contributed by atoms with E-state index in [1.807, 2.05) is 19.1 Å². The summed E-state index contributed by atoms with van der Waals surface area (Å²) < 4.78 is 1.08. The van der Waals surface area contributed by atoms with Crippen molar-refractivity contribution < 1.29 is 10.0 Å². The lowest BCUT2D eigenvalue weighted by atomic mass is 10.1. The van der Waals surface area contributed by atoms with E-state index < -0.39 is 17.1 Å². The van der Waals surface area contributed by atoms with Crippen LogP contribution in [0, 0.1) is 0 Å². The third kappa shape index (κ3) is 4.67. The van der Waals surface area contributed by atoms with Crippen molar-refractivity contribution in [3.63, 3.8) is 0 Å². The van der Waals surface area contributed by atoms with E-state index in [2.05, 4.69) is 24.1 Å². The third-order valence-corrected chi connectivity index (χ3v) is 3.91. The zero-order valence-corrected chi connectivity index (χ0v) is 14.9. The molecular weight excluding hydrogens is 320 g/mol. The number of quaternary nitrogens is 1. The number of hydrogen-bond acceptors (Lipinski definition) is 4. The van der Waals surface area contributed by atoms with Gasteiger partial charge in [-0.15, -0.1) is 0 Å². The average Bonchev–Trinajstić information content (AvgIpc) is 2.57. The molecule has 1 aromatic carbocycles. The molecule has 0 saturated carbocycles. The van der Waals surface area contributed by atoms with Gasteiger partial charge in [0.25, 0.3) is 5.56 Å².